The van der Waals surface area contributed by atoms with Crippen LogP contribution in [0.15, 0.2) is 42.5 Å². The second kappa shape index (κ2) is 14.5. The van der Waals surface area contributed by atoms with E-state index >= 15 is 4.39 Å². The van der Waals surface area contributed by atoms with Crippen LogP contribution in [-0.2, 0) is 16.1 Å². The molecule has 0 aliphatic carbocycles. The standard InChI is InChI=1S/C27H36FN3O3S2/c1-20(32)29-17-24-19-31(27(33)34-24)23-10-11-25(26(28)16-23)22-8-6-21(7-9-22)18-30(12-4-14-35-2)13-5-15-36-3/h6-11,16,24H,4-5,12-15,17-19H2,1-3H3,(H,29,32)/t24-/m0/s1. The summed E-state index contributed by atoms with van der Waals surface area (Å²) in [5.41, 5.74) is 2.94. The van der Waals surface area contributed by atoms with Gasteiger partial charge in [-0.2, -0.15) is 23.5 Å². The maximum atomic E-state index is 15.1. The van der Waals surface area contributed by atoms with Crippen molar-refractivity contribution in [1.29, 1.82) is 0 Å². The average Bonchev–Trinajstić information content (AvgIpc) is 3.24. The van der Waals surface area contributed by atoms with Gasteiger partial charge in [0.1, 0.15) is 11.9 Å². The van der Waals surface area contributed by atoms with Gasteiger partial charge >= 0.3 is 6.09 Å². The molecule has 1 saturated heterocycles. The summed E-state index contributed by atoms with van der Waals surface area (Å²) in [6, 6.07) is 12.9. The van der Waals surface area contributed by atoms with Crippen molar-refractivity contribution in [3.05, 3.63) is 53.8 Å². The van der Waals surface area contributed by atoms with Crippen molar-refractivity contribution in [3.8, 4) is 11.1 Å². The molecular formula is C27H36FN3O3S2. The van der Waals surface area contributed by atoms with Crippen molar-refractivity contribution in [3.63, 3.8) is 0 Å². The Labute approximate surface area is 222 Å². The van der Waals surface area contributed by atoms with Gasteiger partial charge in [0.05, 0.1) is 18.8 Å². The number of carbonyl (C=O) groups is 2. The molecule has 0 aromatic heterocycles. The minimum atomic E-state index is -0.540. The van der Waals surface area contributed by atoms with Crippen LogP contribution in [0.3, 0.4) is 0 Å². The van der Waals surface area contributed by atoms with Crippen LogP contribution < -0.4 is 10.2 Å². The van der Waals surface area contributed by atoms with Gasteiger partial charge in [0.2, 0.25) is 5.91 Å². The molecule has 2 aromatic rings. The van der Waals surface area contributed by atoms with E-state index in [1.165, 1.54) is 47.8 Å². The highest BCUT2D eigenvalue weighted by atomic mass is 32.2. The monoisotopic (exact) mass is 533 g/mol. The molecule has 3 rings (SSSR count). The predicted octanol–water partition coefficient (Wildman–Crippen LogP) is 5.26. The zero-order valence-corrected chi connectivity index (χ0v) is 22.9. The molecular weight excluding hydrogens is 497 g/mol. The highest BCUT2D eigenvalue weighted by Gasteiger charge is 2.32. The van der Waals surface area contributed by atoms with E-state index in [9.17, 15) is 9.59 Å². The van der Waals surface area contributed by atoms with Crippen LogP contribution in [0, 0.1) is 5.82 Å². The minimum Gasteiger partial charge on any atom is -0.442 e. The van der Waals surface area contributed by atoms with Gasteiger partial charge in [-0.05, 0) is 79.3 Å². The number of thioether (sulfide) groups is 2. The van der Waals surface area contributed by atoms with Crippen LogP contribution in [0.5, 0.6) is 0 Å². The van der Waals surface area contributed by atoms with Crippen LogP contribution in [0.25, 0.3) is 11.1 Å². The van der Waals surface area contributed by atoms with Crippen molar-refractivity contribution in [2.45, 2.75) is 32.4 Å². The molecule has 36 heavy (non-hydrogen) atoms. The van der Waals surface area contributed by atoms with E-state index in [0.717, 1.165) is 25.2 Å². The summed E-state index contributed by atoms with van der Waals surface area (Å²) in [4.78, 5) is 27.3. The van der Waals surface area contributed by atoms with Crippen LogP contribution in [0.2, 0.25) is 0 Å². The second-order valence-electron chi connectivity index (χ2n) is 8.88. The lowest BCUT2D eigenvalue weighted by Gasteiger charge is -2.22. The Bertz CT molecular complexity index is 996. The largest absolute Gasteiger partial charge is 0.442 e. The number of benzene rings is 2. The van der Waals surface area contributed by atoms with E-state index in [1.807, 2.05) is 35.7 Å². The first-order valence-corrected chi connectivity index (χ1v) is 15.0. The summed E-state index contributed by atoms with van der Waals surface area (Å²) >= 11 is 3.76. The number of anilines is 1. The fourth-order valence-corrected chi connectivity index (χ4v) is 5.02. The smallest absolute Gasteiger partial charge is 0.414 e. The molecule has 1 atom stereocenters. The maximum absolute atomic E-state index is 15.1. The molecule has 0 radical (unpaired) electrons. The van der Waals surface area contributed by atoms with Crippen molar-refractivity contribution >= 4 is 41.2 Å². The number of rotatable bonds is 14. The van der Waals surface area contributed by atoms with Gasteiger partial charge in [-0.1, -0.05) is 24.3 Å². The minimum absolute atomic E-state index is 0.190. The number of carbonyl (C=O) groups excluding carboxylic acids is 2. The van der Waals surface area contributed by atoms with Gasteiger partial charge in [-0.15, -0.1) is 0 Å². The number of hydrogen-bond acceptors (Lipinski definition) is 6. The Morgan fingerprint density at radius 1 is 1.11 bits per heavy atom. The fraction of sp³-hybridized carbons (Fsp3) is 0.481. The lowest BCUT2D eigenvalue weighted by Crippen LogP contribution is -2.33. The molecule has 1 aliphatic heterocycles. The molecule has 196 valence electrons. The van der Waals surface area contributed by atoms with Crippen LogP contribution >= 0.6 is 23.5 Å². The van der Waals surface area contributed by atoms with E-state index in [4.69, 9.17) is 4.74 Å². The molecule has 0 saturated carbocycles. The van der Waals surface area contributed by atoms with Gasteiger partial charge in [-0.25, -0.2) is 9.18 Å². The maximum Gasteiger partial charge on any atom is 0.414 e. The molecule has 0 spiro atoms. The highest BCUT2D eigenvalue weighted by Crippen LogP contribution is 2.29. The lowest BCUT2D eigenvalue weighted by molar-refractivity contribution is -0.119. The van der Waals surface area contributed by atoms with E-state index in [2.05, 4.69) is 34.9 Å². The lowest BCUT2D eigenvalue weighted by atomic mass is 10.0. The van der Waals surface area contributed by atoms with Crippen molar-refractivity contribution in [2.24, 2.45) is 0 Å². The Morgan fingerprint density at radius 2 is 1.78 bits per heavy atom. The summed E-state index contributed by atoms with van der Waals surface area (Å²) < 4.78 is 20.4. The summed E-state index contributed by atoms with van der Waals surface area (Å²) in [5.74, 6) is 1.75. The van der Waals surface area contributed by atoms with Gasteiger partial charge in [-0.3, -0.25) is 14.6 Å². The van der Waals surface area contributed by atoms with Crippen molar-refractivity contribution in [2.75, 3.05) is 55.1 Å². The molecule has 0 unspecified atom stereocenters. The number of hydrogen-bond donors (Lipinski definition) is 1. The number of halogens is 1. The second-order valence-corrected chi connectivity index (χ2v) is 10.9. The molecule has 2 aromatic carbocycles. The molecule has 1 fully saturated rings. The van der Waals surface area contributed by atoms with Gasteiger partial charge < -0.3 is 10.1 Å². The summed E-state index contributed by atoms with van der Waals surface area (Å²) in [6.45, 7) is 4.95. The average molecular weight is 534 g/mol. The molecule has 1 aliphatic rings. The molecule has 9 heteroatoms. The highest BCUT2D eigenvalue weighted by molar-refractivity contribution is 7.98. The number of amides is 2. The topological polar surface area (TPSA) is 61.9 Å². The predicted molar refractivity (Wildman–Crippen MR) is 149 cm³/mol. The zero-order chi connectivity index (χ0) is 25.9. The molecule has 2 amide bonds. The summed E-state index contributed by atoms with van der Waals surface area (Å²) in [6.07, 6.45) is 5.64. The third-order valence-electron chi connectivity index (χ3n) is 6.03. The summed E-state index contributed by atoms with van der Waals surface area (Å²) in [5, 5.41) is 2.64. The van der Waals surface area contributed by atoms with Crippen molar-refractivity contribution in [1.82, 2.24) is 10.2 Å². The number of nitrogens with zero attached hydrogens (tertiary/aromatic N) is 2. The molecule has 6 nitrogen and oxygen atoms in total. The quantitative estimate of drug-likeness (QED) is 0.334. The number of nitrogens with one attached hydrogen (secondary N) is 1. The third-order valence-corrected chi connectivity index (χ3v) is 7.43. The first-order chi connectivity index (χ1) is 17.4. The Morgan fingerprint density at radius 3 is 2.36 bits per heavy atom. The molecule has 1 heterocycles. The van der Waals surface area contributed by atoms with Gasteiger partial charge in [0.15, 0.2) is 0 Å². The Balaban J connectivity index is 1.64. The number of ether oxygens (including phenoxy) is 1. The van der Waals surface area contributed by atoms with Gasteiger partial charge in [0.25, 0.3) is 0 Å². The van der Waals surface area contributed by atoms with Crippen LogP contribution in [0.1, 0.15) is 25.3 Å². The third kappa shape index (κ3) is 8.42. The Hall–Kier alpha value is -2.23. The van der Waals surface area contributed by atoms with E-state index in [-0.39, 0.29) is 19.0 Å². The van der Waals surface area contributed by atoms with Crippen LogP contribution in [-0.4, -0.2) is 73.2 Å². The molecule has 0 bridgehead atoms. The van der Waals surface area contributed by atoms with E-state index in [1.54, 1.807) is 12.1 Å². The van der Waals surface area contributed by atoms with Crippen LogP contribution in [0.4, 0.5) is 14.9 Å². The zero-order valence-electron chi connectivity index (χ0n) is 21.3. The molecule has 1 N–H and O–H groups in total. The fourth-order valence-electron chi connectivity index (χ4n) is 4.19. The first-order valence-electron chi connectivity index (χ1n) is 12.2. The normalized spacial score (nSPS) is 15.4. The Kier molecular flexibility index (Phi) is 11.4. The van der Waals surface area contributed by atoms with E-state index in [0.29, 0.717) is 11.3 Å². The van der Waals surface area contributed by atoms with E-state index < -0.39 is 18.0 Å². The summed E-state index contributed by atoms with van der Waals surface area (Å²) in [7, 11) is 0. The van der Waals surface area contributed by atoms with Crippen molar-refractivity contribution < 1.29 is 18.7 Å². The SMILES string of the molecule is CSCCCN(CCCSC)Cc1ccc(-c2ccc(N3C[C@H](CNC(C)=O)OC3=O)cc2F)cc1. The first kappa shape index (κ1) is 28.3. The number of cyclic esters (lactones) is 1. The van der Waals surface area contributed by atoms with Gasteiger partial charge in [0, 0.05) is 19.0 Å².